The predicted octanol–water partition coefficient (Wildman–Crippen LogP) is 5.15. The Labute approximate surface area is 210 Å². The molecule has 0 spiro atoms. The van der Waals surface area contributed by atoms with Crippen molar-refractivity contribution >= 4 is 16.6 Å². The van der Waals surface area contributed by atoms with E-state index in [2.05, 4.69) is 20.4 Å². The van der Waals surface area contributed by atoms with Gasteiger partial charge in [0.15, 0.2) is 17.3 Å². The number of nitrogens with two attached hydrogens (primary N) is 1. The molecule has 0 amide bonds. The number of nitrogens with zero attached hydrogens (tertiary/aromatic N) is 3. The number of halogens is 2. The molecular formula is C26H27F2N5O2S. The summed E-state index contributed by atoms with van der Waals surface area (Å²) in [6, 6.07) is 13.5. The van der Waals surface area contributed by atoms with E-state index in [0.29, 0.717) is 17.8 Å². The molecular weight excluding hydrogens is 484 g/mol. The van der Waals surface area contributed by atoms with Gasteiger partial charge < -0.3 is 15.6 Å². The summed E-state index contributed by atoms with van der Waals surface area (Å²) in [5.41, 5.74) is 8.87. The highest BCUT2D eigenvalue weighted by Gasteiger charge is 2.18. The Morgan fingerprint density at radius 2 is 1.83 bits per heavy atom. The molecule has 2 aromatic carbocycles. The lowest BCUT2D eigenvalue weighted by Gasteiger charge is -2.08. The van der Waals surface area contributed by atoms with Crippen molar-refractivity contribution in [3.63, 3.8) is 0 Å². The first kappa shape index (κ1) is 25.6. The van der Waals surface area contributed by atoms with Gasteiger partial charge in [0.05, 0.1) is 22.7 Å². The Morgan fingerprint density at radius 3 is 2.50 bits per heavy atom. The van der Waals surface area contributed by atoms with Crippen molar-refractivity contribution in [3.8, 4) is 34.0 Å². The summed E-state index contributed by atoms with van der Waals surface area (Å²) in [6.07, 6.45) is 0.562. The Kier molecular flexibility index (Phi) is 7.85. The minimum absolute atomic E-state index is 0.0160. The van der Waals surface area contributed by atoms with Crippen molar-refractivity contribution in [2.75, 3.05) is 12.3 Å². The summed E-state index contributed by atoms with van der Waals surface area (Å²) in [5.74, 6) is -0.0893. The fourth-order valence-electron chi connectivity index (χ4n) is 3.56. The first-order valence-corrected chi connectivity index (χ1v) is 12.7. The van der Waals surface area contributed by atoms with Gasteiger partial charge in [0.1, 0.15) is 17.7 Å². The van der Waals surface area contributed by atoms with Crippen LogP contribution in [-0.4, -0.2) is 37.3 Å². The van der Waals surface area contributed by atoms with Crippen LogP contribution in [0.5, 0.6) is 0 Å². The van der Waals surface area contributed by atoms with Gasteiger partial charge in [0.25, 0.3) is 0 Å². The van der Waals surface area contributed by atoms with E-state index in [1.165, 1.54) is 13.0 Å². The molecule has 4 aromatic rings. The fraction of sp³-hybridized carbons (Fsp3) is 0.269. The summed E-state index contributed by atoms with van der Waals surface area (Å²) in [4.78, 5) is 9.55. The Bertz CT molecular complexity index is 1370. The van der Waals surface area contributed by atoms with Crippen LogP contribution in [0, 0.1) is 5.82 Å². The van der Waals surface area contributed by atoms with Gasteiger partial charge in [0, 0.05) is 40.4 Å². The number of rotatable bonds is 9. The van der Waals surface area contributed by atoms with Crippen LogP contribution in [-0.2, 0) is 17.3 Å². The van der Waals surface area contributed by atoms with Crippen molar-refractivity contribution in [1.29, 1.82) is 0 Å². The molecule has 188 valence electrons. The molecule has 0 saturated heterocycles. The summed E-state index contributed by atoms with van der Waals surface area (Å²) >= 11 is 0. The standard InChI is InChI=1S/C26H27F2N5O2S/c1-15(2)36(34)19-7-5-18(6-8-19)23-14-31-26(29)25(32-23)24-11-22(33-35-24)20-9-4-17(10-21(20)28)13-30-12-16(3)27/h4-11,14-16,30H,12-13H2,1-3H3,(H2,29,31). The van der Waals surface area contributed by atoms with E-state index < -0.39 is 22.8 Å². The van der Waals surface area contributed by atoms with Gasteiger partial charge in [-0.25, -0.2) is 18.7 Å². The summed E-state index contributed by atoms with van der Waals surface area (Å²) in [7, 11) is -1.09. The molecule has 2 aromatic heterocycles. The predicted molar refractivity (Wildman–Crippen MR) is 137 cm³/mol. The van der Waals surface area contributed by atoms with Gasteiger partial charge in [-0.3, -0.25) is 4.21 Å². The lowest BCUT2D eigenvalue weighted by molar-refractivity contribution is 0.344. The van der Waals surface area contributed by atoms with Crippen molar-refractivity contribution < 1.29 is 17.5 Å². The second kappa shape index (κ2) is 11.0. The normalized spacial score (nSPS) is 13.2. The lowest BCUT2D eigenvalue weighted by atomic mass is 10.1. The van der Waals surface area contributed by atoms with Crippen LogP contribution in [0.15, 0.2) is 64.1 Å². The Hall–Kier alpha value is -3.50. The number of nitrogens with one attached hydrogen (secondary N) is 1. The second-order valence-corrected chi connectivity index (χ2v) is 10.7. The number of alkyl halides is 1. The molecule has 2 atom stereocenters. The molecule has 0 aliphatic carbocycles. The van der Waals surface area contributed by atoms with Crippen LogP contribution in [0.2, 0.25) is 0 Å². The van der Waals surface area contributed by atoms with Crippen LogP contribution in [0.1, 0.15) is 26.3 Å². The Morgan fingerprint density at radius 1 is 1.08 bits per heavy atom. The minimum Gasteiger partial charge on any atom is -0.382 e. The maximum absolute atomic E-state index is 14.8. The third-order valence-corrected chi connectivity index (χ3v) is 7.01. The van der Waals surface area contributed by atoms with E-state index in [1.807, 2.05) is 26.0 Å². The number of anilines is 1. The highest BCUT2D eigenvalue weighted by atomic mass is 32.2. The minimum atomic E-state index is -1.09. The van der Waals surface area contributed by atoms with Gasteiger partial charge in [-0.2, -0.15) is 0 Å². The zero-order valence-electron chi connectivity index (χ0n) is 20.2. The lowest BCUT2D eigenvalue weighted by Crippen LogP contribution is -2.21. The molecule has 0 radical (unpaired) electrons. The Balaban J connectivity index is 1.57. The number of benzene rings is 2. The van der Waals surface area contributed by atoms with Gasteiger partial charge in [-0.15, -0.1) is 0 Å². The van der Waals surface area contributed by atoms with Crippen molar-refractivity contribution in [2.24, 2.45) is 0 Å². The molecule has 3 N–H and O–H groups in total. The zero-order chi connectivity index (χ0) is 25.8. The van der Waals surface area contributed by atoms with Crippen molar-refractivity contribution in [2.45, 2.75) is 43.6 Å². The van der Waals surface area contributed by atoms with E-state index in [-0.39, 0.29) is 40.3 Å². The second-order valence-electron chi connectivity index (χ2n) is 8.66. The average Bonchev–Trinajstić information content (AvgIpc) is 3.33. The van der Waals surface area contributed by atoms with E-state index >= 15 is 0 Å². The quantitative estimate of drug-likeness (QED) is 0.320. The third kappa shape index (κ3) is 5.83. The number of hydrogen-bond acceptors (Lipinski definition) is 7. The molecule has 2 heterocycles. The third-order valence-electron chi connectivity index (χ3n) is 5.42. The number of hydrogen-bond donors (Lipinski definition) is 2. The van der Waals surface area contributed by atoms with Gasteiger partial charge in [-0.05, 0) is 36.8 Å². The average molecular weight is 512 g/mol. The van der Waals surface area contributed by atoms with Crippen LogP contribution < -0.4 is 11.1 Å². The smallest absolute Gasteiger partial charge is 0.189 e. The zero-order valence-corrected chi connectivity index (χ0v) is 21.0. The molecule has 0 aliphatic rings. The molecule has 36 heavy (non-hydrogen) atoms. The largest absolute Gasteiger partial charge is 0.382 e. The molecule has 7 nitrogen and oxygen atoms in total. The van der Waals surface area contributed by atoms with Gasteiger partial charge in [-0.1, -0.05) is 37.2 Å². The summed E-state index contributed by atoms with van der Waals surface area (Å²) < 4.78 is 45.5. The monoisotopic (exact) mass is 511 g/mol. The maximum atomic E-state index is 14.8. The molecule has 0 bridgehead atoms. The van der Waals surface area contributed by atoms with E-state index in [4.69, 9.17) is 10.3 Å². The topological polar surface area (TPSA) is 107 Å². The first-order valence-electron chi connectivity index (χ1n) is 11.5. The molecule has 0 aliphatic heterocycles. The van der Waals surface area contributed by atoms with Crippen molar-refractivity contribution in [3.05, 3.63) is 66.1 Å². The van der Waals surface area contributed by atoms with Gasteiger partial charge >= 0.3 is 0 Å². The van der Waals surface area contributed by atoms with Gasteiger partial charge in [0.2, 0.25) is 0 Å². The summed E-state index contributed by atoms with van der Waals surface area (Å²) in [5, 5.41) is 6.94. The van der Waals surface area contributed by atoms with Crippen LogP contribution >= 0.6 is 0 Å². The maximum Gasteiger partial charge on any atom is 0.189 e. The number of aromatic nitrogens is 3. The van der Waals surface area contributed by atoms with E-state index in [1.54, 1.807) is 36.5 Å². The number of nitrogen functional groups attached to an aromatic ring is 1. The van der Waals surface area contributed by atoms with Crippen LogP contribution in [0.4, 0.5) is 14.6 Å². The van der Waals surface area contributed by atoms with Crippen molar-refractivity contribution in [1.82, 2.24) is 20.4 Å². The summed E-state index contributed by atoms with van der Waals surface area (Å²) in [6.45, 7) is 5.81. The fourth-order valence-corrected chi connectivity index (χ4v) is 4.50. The van der Waals surface area contributed by atoms with E-state index in [9.17, 15) is 13.0 Å². The first-order chi connectivity index (χ1) is 17.2. The molecule has 2 unspecified atom stereocenters. The highest BCUT2D eigenvalue weighted by molar-refractivity contribution is 7.85. The molecule has 0 saturated carbocycles. The molecule has 10 heteroatoms. The molecule has 0 fully saturated rings. The highest BCUT2D eigenvalue weighted by Crippen LogP contribution is 2.31. The van der Waals surface area contributed by atoms with Crippen LogP contribution in [0.25, 0.3) is 34.0 Å². The molecule has 4 rings (SSSR count). The SMILES string of the molecule is CC(F)CNCc1ccc(-c2cc(-c3nc(-c4ccc(S(=O)C(C)C)cc4)cnc3N)on2)c(F)c1. The van der Waals surface area contributed by atoms with Crippen LogP contribution in [0.3, 0.4) is 0 Å². The van der Waals surface area contributed by atoms with E-state index in [0.717, 1.165) is 10.5 Å².